The molecule has 0 radical (unpaired) electrons. The number of nitrogens with zero attached hydrogens (tertiary/aromatic N) is 3. The molecule has 1 fully saturated rings. The van der Waals surface area contributed by atoms with E-state index in [2.05, 4.69) is 22.5 Å². The summed E-state index contributed by atoms with van der Waals surface area (Å²) in [5, 5.41) is 14.5. The van der Waals surface area contributed by atoms with Gasteiger partial charge in [0.25, 0.3) is 0 Å². The van der Waals surface area contributed by atoms with Gasteiger partial charge in [-0.1, -0.05) is 0 Å². The number of rotatable bonds is 8. The Morgan fingerprint density at radius 3 is 2.41 bits per heavy atom. The molecule has 2 amide bonds. The molecule has 0 aliphatic carbocycles. The highest BCUT2D eigenvalue weighted by Crippen LogP contribution is 2.60. The third kappa shape index (κ3) is 6.53. The van der Waals surface area contributed by atoms with Crippen molar-refractivity contribution < 1.29 is 23.7 Å². The van der Waals surface area contributed by atoms with Gasteiger partial charge in [-0.15, -0.1) is 0 Å². The summed E-state index contributed by atoms with van der Waals surface area (Å²) in [5.41, 5.74) is 1.10. The van der Waals surface area contributed by atoms with Crippen LogP contribution < -0.4 is 15.5 Å². The van der Waals surface area contributed by atoms with Crippen molar-refractivity contribution in [3.05, 3.63) is 36.0 Å². The van der Waals surface area contributed by atoms with Gasteiger partial charge in [-0.2, -0.15) is 10.6 Å². The molecule has 0 spiro atoms. The van der Waals surface area contributed by atoms with Gasteiger partial charge in [0, 0.05) is 29.1 Å². The smallest absolute Gasteiger partial charge is 0.319 e. The van der Waals surface area contributed by atoms with Crippen molar-refractivity contribution in [3.8, 4) is 11.4 Å². The number of hydrogen-bond donors (Lipinski definition) is 5. The monoisotopic (exact) mass is 535 g/mol. The van der Waals surface area contributed by atoms with Gasteiger partial charge < -0.3 is 25.4 Å². The number of carbonyl (C=O) groups excluding carboxylic acids is 1. The van der Waals surface area contributed by atoms with Crippen LogP contribution in [0, 0.1) is 0 Å². The van der Waals surface area contributed by atoms with Crippen LogP contribution >= 0.6 is 10.6 Å². The highest BCUT2D eigenvalue weighted by molar-refractivity contribution is 8.25. The highest BCUT2D eigenvalue weighted by Gasteiger charge is 2.40. The van der Waals surface area contributed by atoms with Crippen LogP contribution in [0.3, 0.4) is 0 Å². The quantitative estimate of drug-likeness (QED) is 0.329. The number of urea groups is 1. The van der Waals surface area contributed by atoms with E-state index in [1.165, 1.54) is 0 Å². The van der Waals surface area contributed by atoms with E-state index in [1.807, 2.05) is 18.2 Å². The second kappa shape index (κ2) is 11.1. The predicted molar refractivity (Wildman–Crippen MR) is 149 cm³/mol. The Hall–Kier alpha value is -2.44. The molecule has 11 heteroatoms. The van der Waals surface area contributed by atoms with E-state index in [9.17, 15) is 19.0 Å². The van der Waals surface area contributed by atoms with Crippen molar-refractivity contribution in [3.63, 3.8) is 0 Å². The van der Waals surface area contributed by atoms with Gasteiger partial charge in [0.05, 0.1) is 41.8 Å². The maximum atomic E-state index is 12.3. The molecule has 10 nitrogen and oxygen atoms in total. The summed E-state index contributed by atoms with van der Waals surface area (Å²) >= 11 is 0. The van der Waals surface area contributed by atoms with Gasteiger partial charge in [0.1, 0.15) is 5.82 Å². The van der Waals surface area contributed by atoms with Crippen LogP contribution in [0.5, 0.6) is 0 Å². The first-order valence-electron chi connectivity index (χ1n) is 12.5. The number of anilines is 2. The van der Waals surface area contributed by atoms with Crippen LogP contribution in [0.2, 0.25) is 0 Å². The largest absolute Gasteiger partial charge is 0.394 e. The number of hydrogen-bond acceptors (Lipinski definition) is 8. The summed E-state index contributed by atoms with van der Waals surface area (Å²) in [4.78, 5) is 24.1. The number of nitrogens with one attached hydrogen (secondary N) is 2. The topological polar surface area (TPSA) is 140 Å². The molecular weight excluding hydrogens is 494 g/mol. The van der Waals surface area contributed by atoms with Crippen molar-refractivity contribution in [1.82, 2.24) is 15.3 Å². The minimum atomic E-state index is -3.03. The van der Waals surface area contributed by atoms with E-state index >= 15 is 0 Å². The van der Waals surface area contributed by atoms with Gasteiger partial charge in [-0.3, -0.25) is 9.11 Å². The fraction of sp³-hybridized carbons (Fsp3) is 0.577. The lowest BCUT2D eigenvalue weighted by Crippen LogP contribution is -2.48. The first-order chi connectivity index (χ1) is 17.2. The van der Waals surface area contributed by atoms with Gasteiger partial charge in [0.2, 0.25) is 0 Å². The highest BCUT2D eigenvalue weighted by atomic mass is 32.3. The van der Waals surface area contributed by atoms with Crippen molar-refractivity contribution in [2.24, 2.45) is 0 Å². The number of aromatic nitrogens is 2. The van der Waals surface area contributed by atoms with E-state index in [0.29, 0.717) is 42.8 Å². The summed E-state index contributed by atoms with van der Waals surface area (Å²) in [6.07, 6.45) is 0. The molecule has 1 aliphatic heterocycles. The van der Waals surface area contributed by atoms with Crippen molar-refractivity contribution in [2.75, 3.05) is 36.6 Å². The summed E-state index contributed by atoms with van der Waals surface area (Å²) in [6.45, 7) is 14.4. The van der Waals surface area contributed by atoms with E-state index in [-0.39, 0.29) is 17.9 Å². The second-order valence-corrected chi connectivity index (χ2v) is 14.1. The molecule has 5 N–H and O–H groups in total. The molecule has 206 valence electrons. The fourth-order valence-corrected chi connectivity index (χ4v) is 5.63. The number of amides is 2. The van der Waals surface area contributed by atoms with Crippen LogP contribution in [-0.2, 0) is 9.48 Å². The maximum Gasteiger partial charge on any atom is 0.319 e. The summed E-state index contributed by atoms with van der Waals surface area (Å²) in [5.74, 6) is 1.16. The summed E-state index contributed by atoms with van der Waals surface area (Å²) in [6, 6.07) is 8.66. The van der Waals surface area contributed by atoms with Crippen LogP contribution in [0.1, 0.15) is 54.2 Å². The number of aliphatic hydroxyl groups is 1. The van der Waals surface area contributed by atoms with E-state index < -0.39 is 26.9 Å². The van der Waals surface area contributed by atoms with Crippen LogP contribution in [0.25, 0.3) is 11.4 Å². The molecule has 2 heterocycles. The number of ether oxygens (including phenoxy) is 1. The lowest BCUT2D eigenvalue weighted by molar-refractivity contribution is 0.0985. The van der Waals surface area contributed by atoms with Gasteiger partial charge in [-0.25, -0.2) is 14.8 Å². The first kappa shape index (κ1) is 29.1. The minimum Gasteiger partial charge on any atom is -0.394 e. The Bertz CT molecular complexity index is 1090. The molecule has 1 aliphatic rings. The predicted octanol–water partition coefficient (Wildman–Crippen LogP) is 4.66. The number of benzene rings is 1. The van der Waals surface area contributed by atoms with Crippen LogP contribution in [-0.4, -0.2) is 73.4 Å². The first-order valence-corrected chi connectivity index (χ1v) is 14.1. The Labute approximate surface area is 221 Å². The Morgan fingerprint density at radius 2 is 1.84 bits per heavy atom. The summed E-state index contributed by atoms with van der Waals surface area (Å²) in [7, 11) is -3.03. The van der Waals surface area contributed by atoms with E-state index in [4.69, 9.17) is 14.7 Å². The molecule has 0 bridgehead atoms. The molecule has 1 saturated heterocycles. The van der Waals surface area contributed by atoms with E-state index in [1.54, 1.807) is 53.7 Å². The molecule has 1 aromatic heterocycles. The molecule has 1 aromatic carbocycles. The zero-order chi connectivity index (χ0) is 27.6. The standard InChI is InChI=1S/C26H41N5O5S/c1-17(2)37(34,35)26(6,7)21-14-22(31-12-13-36-15-18(31)3)29-23(28-21)19-8-10-20(11-9-19)27-24(33)30-25(4,5)16-32/h8-11,14,17-18,32,34-35H,12-13,15-16H2,1-7H3,(H2,27,30,33)/t18-/m0/s1. The van der Waals surface area contributed by atoms with Gasteiger partial charge in [0.15, 0.2) is 5.82 Å². The average Bonchev–Trinajstić information content (AvgIpc) is 2.84. The van der Waals surface area contributed by atoms with Crippen molar-refractivity contribution >= 4 is 28.1 Å². The third-order valence-corrected chi connectivity index (χ3v) is 9.67. The number of morpholine rings is 1. The average molecular weight is 536 g/mol. The van der Waals surface area contributed by atoms with Crippen molar-refractivity contribution in [2.45, 2.75) is 70.0 Å². The Kier molecular flexibility index (Phi) is 8.75. The lowest BCUT2D eigenvalue weighted by Gasteiger charge is -2.49. The van der Waals surface area contributed by atoms with Crippen LogP contribution in [0.15, 0.2) is 30.3 Å². The normalized spacial score (nSPS) is 17.6. The van der Waals surface area contributed by atoms with E-state index in [0.717, 1.165) is 5.56 Å². The Balaban J connectivity index is 1.99. The lowest BCUT2D eigenvalue weighted by atomic mass is 10.1. The SMILES string of the molecule is CC(C)S(O)(O)C(C)(C)c1cc(N2CCOC[C@@H]2C)nc(-c2ccc(NC(=O)NC(C)(C)CO)cc2)n1. The molecule has 0 unspecified atom stereocenters. The molecule has 2 aromatic rings. The molecular formula is C26H41N5O5S. The Morgan fingerprint density at radius 1 is 1.19 bits per heavy atom. The minimum absolute atomic E-state index is 0.103. The van der Waals surface area contributed by atoms with Crippen LogP contribution in [0.4, 0.5) is 16.3 Å². The number of carbonyl (C=O) groups is 1. The maximum absolute atomic E-state index is 12.3. The molecule has 37 heavy (non-hydrogen) atoms. The molecule has 3 rings (SSSR count). The molecule has 0 saturated carbocycles. The van der Waals surface area contributed by atoms with Gasteiger partial charge >= 0.3 is 6.03 Å². The summed E-state index contributed by atoms with van der Waals surface area (Å²) < 4.78 is 26.8. The van der Waals surface area contributed by atoms with Gasteiger partial charge in [-0.05, 0) is 72.7 Å². The second-order valence-electron chi connectivity index (χ2n) is 10.9. The third-order valence-electron chi connectivity index (χ3n) is 6.65. The zero-order valence-corrected chi connectivity index (χ0v) is 23.6. The zero-order valence-electron chi connectivity index (χ0n) is 22.8. The molecule has 1 atom stereocenters. The van der Waals surface area contributed by atoms with Crippen molar-refractivity contribution in [1.29, 1.82) is 0 Å². The fourth-order valence-electron chi connectivity index (χ4n) is 4.04. The number of aliphatic hydroxyl groups excluding tert-OH is 1.